The van der Waals surface area contributed by atoms with Crippen molar-refractivity contribution in [3.05, 3.63) is 0 Å². The molecule has 0 bridgehead atoms. The van der Waals surface area contributed by atoms with Crippen molar-refractivity contribution in [2.75, 3.05) is 0 Å². The van der Waals surface area contributed by atoms with Crippen LogP contribution in [-0.4, -0.2) is 63.6 Å². The van der Waals surface area contributed by atoms with E-state index in [1.165, 1.54) is 0 Å². The minimum absolute atomic E-state index is 0. The van der Waals surface area contributed by atoms with Crippen molar-refractivity contribution in [2.45, 2.75) is 0 Å². The van der Waals surface area contributed by atoms with Gasteiger partial charge >= 0.3 is 56.7 Å². The summed E-state index contributed by atoms with van der Waals surface area (Å²) in [5.74, 6) is 0. The van der Waals surface area contributed by atoms with Gasteiger partial charge in [-0.05, 0) is 0 Å². The van der Waals surface area contributed by atoms with Gasteiger partial charge in [-0.2, -0.15) is 0 Å². The Kier molecular flexibility index (Phi) is 14.1. The maximum atomic E-state index is 8.88. The summed E-state index contributed by atoms with van der Waals surface area (Å²) in [5.41, 5.74) is 0. The van der Waals surface area contributed by atoms with Crippen molar-refractivity contribution < 1.29 is 19.2 Å². The van der Waals surface area contributed by atoms with Gasteiger partial charge in [0.05, 0.1) is 0 Å². The Labute approximate surface area is 88.1 Å². The molecule has 0 fully saturated rings. The Balaban J connectivity index is -0.0000000800. The van der Waals surface area contributed by atoms with E-state index in [9.17, 15) is 0 Å². The van der Waals surface area contributed by atoms with E-state index in [0.29, 0.717) is 0 Å². The number of rotatable bonds is 0. The summed E-state index contributed by atoms with van der Waals surface area (Å²) in [6.45, 7) is 0. The van der Waals surface area contributed by atoms with E-state index in [2.05, 4.69) is 0 Å². The third-order valence-corrected chi connectivity index (χ3v) is 0. The summed E-state index contributed by atoms with van der Waals surface area (Å²) < 4.78 is 8.88. The molecule has 3 N–H and O–H groups in total. The molecule has 0 radical (unpaired) electrons. The van der Waals surface area contributed by atoms with Gasteiger partial charge in [0.15, 0.2) is 0 Å². The number of phosphoric acid groups is 1. The topological polar surface area (TPSA) is 77.8 Å². The molecular weight excluding hydrogens is 264 g/mol. The molecule has 40 valence electrons. The van der Waals surface area contributed by atoms with E-state index in [0.717, 1.165) is 0 Å². The zero-order valence-electron chi connectivity index (χ0n) is 3.31. The predicted octanol–water partition coefficient (Wildman–Crippen LogP) is -1.31. The summed E-state index contributed by atoms with van der Waals surface area (Å²) in [5, 5.41) is 0. The Morgan fingerprint density at radius 2 is 1.14 bits per heavy atom. The third kappa shape index (κ3) is 70.8. The summed E-state index contributed by atoms with van der Waals surface area (Å²) >= 11 is 0. The summed E-state index contributed by atoms with van der Waals surface area (Å²) in [7, 11) is -4.64. The first kappa shape index (κ1) is 16.0. The Morgan fingerprint density at radius 1 is 1.14 bits per heavy atom. The average Bonchev–Trinajstić information content (AvgIpc) is 0.722. The van der Waals surface area contributed by atoms with Crippen LogP contribution in [0.15, 0.2) is 0 Å². The zero-order chi connectivity index (χ0) is 4.50. The van der Waals surface area contributed by atoms with Gasteiger partial charge in [-0.15, -0.1) is 0 Å². The van der Waals surface area contributed by atoms with Gasteiger partial charge in [0.25, 0.3) is 0 Å². The van der Waals surface area contributed by atoms with Gasteiger partial charge in [0.1, 0.15) is 0 Å². The molecule has 0 unspecified atom stereocenters. The van der Waals surface area contributed by atoms with E-state index in [4.69, 9.17) is 19.2 Å². The van der Waals surface area contributed by atoms with Crippen molar-refractivity contribution in [1.82, 2.24) is 0 Å². The minimum Gasteiger partial charge on any atom is -2.00 e. The van der Waals surface area contributed by atoms with Crippen LogP contribution in [-0.2, 0) is 18.1 Å². The normalized spacial score (nSPS) is 8.43. The van der Waals surface area contributed by atoms with Crippen LogP contribution in [0.1, 0.15) is 0 Å². The van der Waals surface area contributed by atoms with E-state index in [-0.39, 0.29) is 62.4 Å². The molecule has 0 rings (SSSR count). The molecule has 0 spiro atoms. The van der Waals surface area contributed by atoms with Crippen LogP contribution in [0.25, 0.3) is 0 Å². The molecule has 4 nitrogen and oxygen atoms in total. The van der Waals surface area contributed by atoms with Crippen molar-refractivity contribution in [3.63, 3.8) is 0 Å². The summed E-state index contributed by atoms with van der Waals surface area (Å²) in [6.07, 6.45) is 0. The monoisotopic (exact) mass is 268 g/mol. The summed E-state index contributed by atoms with van der Waals surface area (Å²) in [6, 6.07) is 0. The molecule has 0 aromatic rings. The van der Waals surface area contributed by atoms with E-state index >= 15 is 0 Å². The van der Waals surface area contributed by atoms with Crippen LogP contribution in [0.5, 0.6) is 0 Å². The van der Waals surface area contributed by atoms with Crippen LogP contribution < -0.4 is 0 Å². The molecule has 0 saturated heterocycles. The standard InChI is InChI=1S/Ba.H3O4P.S/c;1-5(2,3)4;/h;(H3,1,2,3,4);/q+2;;-2. The maximum Gasteiger partial charge on any atom is 2.00 e. The average molecular weight is 267 g/mol. The Morgan fingerprint density at radius 3 is 1.14 bits per heavy atom. The first-order valence-corrected chi connectivity index (χ1v) is 2.35. The van der Waals surface area contributed by atoms with Crippen LogP contribution in [0.3, 0.4) is 0 Å². The minimum atomic E-state index is -4.64. The molecule has 0 aliphatic heterocycles. The van der Waals surface area contributed by atoms with E-state index in [1.807, 2.05) is 0 Å². The maximum absolute atomic E-state index is 8.88. The molecule has 0 amide bonds. The van der Waals surface area contributed by atoms with Crippen molar-refractivity contribution >= 4 is 70.2 Å². The molecule has 7 heteroatoms. The first-order valence-electron chi connectivity index (χ1n) is 0.783. The van der Waals surface area contributed by atoms with Gasteiger partial charge in [0, 0.05) is 0 Å². The fraction of sp³-hybridized carbons (Fsp3) is 0. The van der Waals surface area contributed by atoms with Crippen LogP contribution in [0, 0.1) is 0 Å². The van der Waals surface area contributed by atoms with Crippen LogP contribution in [0.4, 0.5) is 0 Å². The molecule has 0 saturated carbocycles. The fourth-order valence-corrected chi connectivity index (χ4v) is 0. The van der Waals surface area contributed by atoms with Crippen LogP contribution in [0.2, 0.25) is 0 Å². The quantitative estimate of drug-likeness (QED) is 0.376. The Bertz CT molecular complexity index is 57.8. The van der Waals surface area contributed by atoms with Gasteiger partial charge in [0.2, 0.25) is 0 Å². The van der Waals surface area contributed by atoms with Crippen molar-refractivity contribution in [2.24, 2.45) is 0 Å². The molecule has 0 heterocycles. The molecule has 7 heavy (non-hydrogen) atoms. The zero-order valence-corrected chi connectivity index (χ0v) is 9.46. The van der Waals surface area contributed by atoms with E-state index < -0.39 is 7.82 Å². The summed E-state index contributed by atoms with van der Waals surface area (Å²) in [4.78, 5) is 21.6. The van der Waals surface area contributed by atoms with Gasteiger partial charge in [-0.1, -0.05) is 0 Å². The molecule has 0 atom stereocenters. The van der Waals surface area contributed by atoms with Crippen molar-refractivity contribution in [3.8, 4) is 0 Å². The SMILES string of the molecule is O=P(O)(O)O.[Ba+2].[S-2]. The van der Waals surface area contributed by atoms with Gasteiger partial charge in [-0.3, -0.25) is 0 Å². The molecule has 0 aromatic carbocycles. The smallest absolute Gasteiger partial charge is 2.00 e. The fourth-order valence-electron chi connectivity index (χ4n) is 0. The molecule has 0 aliphatic rings. The predicted molar refractivity (Wildman–Crippen MR) is 27.4 cm³/mol. The third-order valence-electron chi connectivity index (χ3n) is 0. The van der Waals surface area contributed by atoms with E-state index in [1.54, 1.807) is 0 Å². The molecular formula is H3BaO4PS. The molecule has 0 aromatic heterocycles. The van der Waals surface area contributed by atoms with Crippen molar-refractivity contribution in [1.29, 1.82) is 0 Å². The van der Waals surface area contributed by atoms with Gasteiger partial charge in [-0.25, -0.2) is 4.57 Å². The second-order valence-electron chi connectivity index (χ2n) is 0.513. The first-order chi connectivity index (χ1) is 2.00. The van der Waals surface area contributed by atoms with Gasteiger partial charge < -0.3 is 28.2 Å². The van der Waals surface area contributed by atoms with Crippen LogP contribution >= 0.6 is 7.82 Å². The second kappa shape index (κ2) is 6.16. The number of hydrogen-bond acceptors (Lipinski definition) is 1. The largest absolute Gasteiger partial charge is 2.00 e. The molecule has 0 aliphatic carbocycles. The Hall–Kier alpha value is 2.03. The number of hydrogen-bond donors (Lipinski definition) is 3. The second-order valence-corrected chi connectivity index (χ2v) is 1.54.